The van der Waals surface area contributed by atoms with Crippen molar-refractivity contribution in [3.63, 3.8) is 0 Å². The molecule has 0 heterocycles. The van der Waals surface area contributed by atoms with Gasteiger partial charge in [0.1, 0.15) is 0 Å². The number of hydrogen-bond donors (Lipinski definition) is 1. The fraction of sp³-hybridized carbons (Fsp3) is 0.647. The summed E-state index contributed by atoms with van der Waals surface area (Å²) in [4.78, 5) is 2.58. The Morgan fingerprint density at radius 3 is 2.35 bits per heavy atom. The highest BCUT2D eigenvalue weighted by Gasteiger charge is 2.42. The van der Waals surface area contributed by atoms with Gasteiger partial charge in [-0.2, -0.15) is 0 Å². The molecule has 0 radical (unpaired) electrons. The van der Waals surface area contributed by atoms with E-state index < -0.39 is 0 Å². The fourth-order valence-electron chi connectivity index (χ4n) is 3.47. The average molecular weight is 276 g/mol. The standard InChI is InChI=1S/C17H28N2O/c1-4-14(2)19(9-10-20-3)17(13-18)11-15-7-5-6-8-16(15)12-17/h5-8,14H,4,9-13,18H2,1-3H3. The normalized spacial score (nSPS) is 18.2. The first kappa shape index (κ1) is 15.5. The molecule has 0 saturated heterocycles. The van der Waals surface area contributed by atoms with E-state index in [4.69, 9.17) is 10.5 Å². The first-order chi connectivity index (χ1) is 9.66. The van der Waals surface area contributed by atoms with Gasteiger partial charge in [-0.1, -0.05) is 31.2 Å². The van der Waals surface area contributed by atoms with Crippen LogP contribution in [0.2, 0.25) is 0 Å². The highest BCUT2D eigenvalue weighted by Crippen LogP contribution is 2.35. The van der Waals surface area contributed by atoms with E-state index in [1.165, 1.54) is 11.1 Å². The summed E-state index contributed by atoms with van der Waals surface area (Å²) in [5.74, 6) is 0. The third kappa shape index (κ3) is 2.90. The van der Waals surface area contributed by atoms with Crippen LogP contribution in [-0.2, 0) is 17.6 Å². The van der Waals surface area contributed by atoms with Crippen LogP contribution in [0.15, 0.2) is 24.3 Å². The van der Waals surface area contributed by atoms with Crippen LogP contribution in [0.3, 0.4) is 0 Å². The van der Waals surface area contributed by atoms with Crippen molar-refractivity contribution in [2.24, 2.45) is 5.73 Å². The highest BCUT2D eigenvalue weighted by atomic mass is 16.5. The molecule has 0 bridgehead atoms. The Morgan fingerprint density at radius 1 is 1.30 bits per heavy atom. The molecule has 0 amide bonds. The van der Waals surface area contributed by atoms with Gasteiger partial charge in [0.15, 0.2) is 0 Å². The number of fused-ring (bicyclic) bond motifs is 1. The van der Waals surface area contributed by atoms with E-state index in [1.54, 1.807) is 7.11 Å². The lowest BCUT2D eigenvalue weighted by Crippen LogP contribution is -2.58. The zero-order valence-corrected chi connectivity index (χ0v) is 13.1. The highest BCUT2D eigenvalue weighted by molar-refractivity contribution is 5.36. The Bertz CT molecular complexity index is 408. The molecular weight excluding hydrogens is 248 g/mol. The van der Waals surface area contributed by atoms with E-state index in [0.29, 0.717) is 12.6 Å². The lowest BCUT2D eigenvalue weighted by atomic mass is 9.91. The zero-order chi connectivity index (χ0) is 14.6. The number of nitrogens with zero attached hydrogens (tertiary/aromatic N) is 1. The van der Waals surface area contributed by atoms with Crippen molar-refractivity contribution in [2.75, 3.05) is 26.8 Å². The maximum atomic E-state index is 6.23. The van der Waals surface area contributed by atoms with Gasteiger partial charge in [0.05, 0.1) is 6.61 Å². The van der Waals surface area contributed by atoms with Crippen LogP contribution >= 0.6 is 0 Å². The molecule has 3 heteroatoms. The largest absolute Gasteiger partial charge is 0.383 e. The third-order valence-corrected chi connectivity index (χ3v) is 4.81. The second kappa shape index (κ2) is 6.70. The topological polar surface area (TPSA) is 38.5 Å². The number of benzene rings is 1. The van der Waals surface area contributed by atoms with Gasteiger partial charge in [0.2, 0.25) is 0 Å². The molecule has 0 aliphatic heterocycles. The smallest absolute Gasteiger partial charge is 0.0590 e. The molecule has 0 fully saturated rings. The second-order valence-corrected chi connectivity index (χ2v) is 5.99. The minimum absolute atomic E-state index is 0.0671. The van der Waals surface area contributed by atoms with Crippen molar-refractivity contribution in [1.29, 1.82) is 0 Å². The zero-order valence-electron chi connectivity index (χ0n) is 13.1. The quantitative estimate of drug-likeness (QED) is 0.830. The summed E-state index contributed by atoms with van der Waals surface area (Å²) in [5, 5.41) is 0. The third-order valence-electron chi connectivity index (χ3n) is 4.81. The SMILES string of the molecule is CCC(C)N(CCOC)C1(CN)Cc2ccccc2C1. The predicted molar refractivity (Wildman–Crippen MR) is 84.0 cm³/mol. The Morgan fingerprint density at radius 2 is 1.90 bits per heavy atom. The summed E-state index contributed by atoms with van der Waals surface area (Å²) in [5.41, 5.74) is 9.22. The number of rotatable bonds is 7. The minimum Gasteiger partial charge on any atom is -0.383 e. The molecule has 1 aliphatic carbocycles. The monoisotopic (exact) mass is 276 g/mol. The van der Waals surface area contributed by atoms with Gasteiger partial charge in [-0.05, 0) is 37.3 Å². The van der Waals surface area contributed by atoms with Gasteiger partial charge in [0.25, 0.3) is 0 Å². The molecule has 0 spiro atoms. The Labute approximate surface area is 123 Å². The van der Waals surface area contributed by atoms with Gasteiger partial charge < -0.3 is 10.5 Å². The number of nitrogens with two attached hydrogens (primary N) is 1. The maximum absolute atomic E-state index is 6.23. The van der Waals surface area contributed by atoms with Crippen LogP contribution in [0.5, 0.6) is 0 Å². The van der Waals surface area contributed by atoms with Crippen LogP contribution in [0, 0.1) is 0 Å². The molecule has 2 N–H and O–H groups in total. The van der Waals surface area contributed by atoms with Crippen molar-refractivity contribution >= 4 is 0 Å². The van der Waals surface area contributed by atoms with Crippen molar-refractivity contribution < 1.29 is 4.74 Å². The van der Waals surface area contributed by atoms with Crippen molar-refractivity contribution in [1.82, 2.24) is 4.90 Å². The number of ether oxygens (including phenoxy) is 1. The summed E-state index contributed by atoms with van der Waals surface area (Å²) in [7, 11) is 1.77. The maximum Gasteiger partial charge on any atom is 0.0590 e. The molecule has 3 nitrogen and oxygen atoms in total. The van der Waals surface area contributed by atoms with Crippen molar-refractivity contribution in [3.8, 4) is 0 Å². The van der Waals surface area contributed by atoms with Crippen molar-refractivity contribution in [3.05, 3.63) is 35.4 Å². The van der Waals surface area contributed by atoms with Gasteiger partial charge in [-0.25, -0.2) is 0 Å². The summed E-state index contributed by atoms with van der Waals surface area (Å²) >= 11 is 0. The van der Waals surface area contributed by atoms with E-state index in [0.717, 1.165) is 32.4 Å². The van der Waals surface area contributed by atoms with Crippen LogP contribution in [0.4, 0.5) is 0 Å². The molecule has 2 rings (SSSR count). The lowest BCUT2D eigenvalue weighted by Gasteiger charge is -2.44. The first-order valence-corrected chi connectivity index (χ1v) is 7.69. The molecule has 0 aromatic heterocycles. The van der Waals surface area contributed by atoms with E-state index >= 15 is 0 Å². The van der Waals surface area contributed by atoms with Gasteiger partial charge >= 0.3 is 0 Å². The van der Waals surface area contributed by atoms with Crippen LogP contribution < -0.4 is 5.73 Å². The molecule has 1 aromatic carbocycles. The van der Waals surface area contributed by atoms with Gasteiger partial charge in [0, 0.05) is 31.8 Å². The molecule has 1 aromatic rings. The first-order valence-electron chi connectivity index (χ1n) is 7.69. The van der Waals surface area contributed by atoms with Crippen LogP contribution in [-0.4, -0.2) is 43.3 Å². The molecule has 1 aliphatic rings. The minimum atomic E-state index is 0.0671. The van der Waals surface area contributed by atoms with Crippen LogP contribution in [0.1, 0.15) is 31.4 Å². The van der Waals surface area contributed by atoms with Gasteiger partial charge in [-0.3, -0.25) is 4.90 Å². The Hall–Kier alpha value is -0.900. The summed E-state index contributed by atoms with van der Waals surface area (Å²) in [6.07, 6.45) is 3.27. The van der Waals surface area contributed by atoms with Crippen molar-refractivity contribution in [2.45, 2.75) is 44.7 Å². The summed E-state index contributed by atoms with van der Waals surface area (Å²) in [6.45, 7) is 6.97. The molecule has 112 valence electrons. The van der Waals surface area contributed by atoms with E-state index in [1.807, 2.05) is 0 Å². The van der Waals surface area contributed by atoms with Crippen LogP contribution in [0.25, 0.3) is 0 Å². The molecule has 20 heavy (non-hydrogen) atoms. The Balaban J connectivity index is 2.25. The molecule has 1 atom stereocenters. The summed E-state index contributed by atoms with van der Waals surface area (Å²) < 4.78 is 5.31. The van der Waals surface area contributed by atoms with Gasteiger partial charge in [-0.15, -0.1) is 0 Å². The Kier molecular flexibility index (Phi) is 5.19. The molecule has 1 unspecified atom stereocenters. The fourth-order valence-corrected chi connectivity index (χ4v) is 3.47. The molecular formula is C17H28N2O. The van der Waals surface area contributed by atoms with E-state index in [9.17, 15) is 0 Å². The van der Waals surface area contributed by atoms with E-state index in [2.05, 4.69) is 43.0 Å². The summed E-state index contributed by atoms with van der Waals surface area (Å²) in [6, 6.07) is 9.29. The second-order valence-electron chi connectivity index (χ2n) is 5.99. The average Bonchev–Trinajstić information content (AvgIpc) is 2.86. The number of methoxy groups -OCH3 is 1. The molecule has 0 saturated carbocycles. The predicted octanol–water partition coefficient (Wildman–Crippen LogP) is 2.23. The van der Waals surface area contributed by atoms with E-state index in [-0.39, 0.29) is 5.54 Å². The lowest BCUT2D eigenvalue weighted by molar-refractivity contribution is 0.0326. The number of hydrogen-bond acceptors (Lipinski definition) is 3.